The molecule has 20 heavy (non-hydrogen) atoms. The summed E-state index contributed by atoms with van der Waals surface area (Å²) in [6, 6.07) is 6.73. The van der Waals surface area contributed by atoms with Crippen LogP contribution in [0.15, 0.2) is 24.3 Å². The van der Waals surface area contributed by atoms with Gasteiger partial charge in [-0.1, -0.05) is 24.6 Å². The summed E-state index contributed by atoms with van der Waals surface area (Å²) in [4.78, 5) is 22.6. The van der Waals surface area contributed by atoms with E-state index in [0.717, 1.165) is 12.3 Å². The summed E-state index contributed by atoms with van der Waals surface area (Å²) >= 11 is 0. The van der Waals surface area contributed by atoms with E-state index < -0.39 is 4.92 Å². The van der Waals surface area contributed by atoms with Crippen molar-refractivity contribution in [2.45, 2.75) is 38.1 Å². The van der Waals surface area contributed by atoms with Gasteiger partial charge >= 0.3 is 0 Å². The molecule has 2 saturated carbocycles. The van der Waals surface area contributed by atoms with E-state index >= 15 is 0 Å². The van der Waals surface area contributed by atoms with Crippen LogP contribution in [0.4, 0.5) is 5.69 Å². The topological polar surface area (TPSA) is 72.2 Å². The summed E-state index contributed by atoms with van der Waals surface area (Å²) in [6.07, 6.45) is 4.90. The Hall–Kier alpha value is -1.91. The van der Waals surface area contributed by atoms with Gasteiger partial charge in [-0.3, -0.25) is 14.9 Å². The molecule has 2 fully saturated rings. The Kier molecular flexibility index (Phi) is 3.42. The molecule has 3 atom stereocenters. The average Bonchev–Trinajstić information content (AvgIpc) is 3.01. The Morgan fingerprint density at radius 2 is 2.10 bits per heavy atom. The van der Waals surface area contributed by atoms with Crippen molar-refractivity contribution >= 4 is 11.6 Å². The third kappa shape index (κ3) is 2.53. The van der Waals surface area contributed by atoms with Gasteiger partial charge in [0, 0.05) is 17.7 Å². The monoisotopic (exact) mass is 274 g/mol. The molecule has 106 valence electrons. The van der Waals surface area contributed by atoms with E-state index in [1.807, 2.05) is 0 Å². The second-order valence-electron chi connectivity index (χ2n) is 5.91. The van der Waals surface area contributed by atoms with E-state index in [4.69, 9.17) is 0 Å². The maximum absolute atomic E-state index is 12.1. The zero-order valence-electron chi connectivity index (χ0n) is 11.2. The number of rotatable bonds is 4. The number of para-hydroxylation sites is 1. The lowest BCUT2D eigenvalue weighted by atomic mass is 9.95. The van der Waals surface area contributed by atoms with Crippen LogP contribution in [0.3, 0.4) is 0 Å². The Morgan fingerprint density at radius 1 is 1.30 bits per heavy atom. The second kappa shape index (κ2) is 5.23. The number of carbonyl (C=O) groups excluding carboxylic acids is 1. The molecule has 0 unspecified atom stereocenters. The molecule has 0 spiro atoms. The molecule has 1 N–H and O–H groups in total. The Labute approximate surface area is 117 Å². The summed E-state index contributed by atoms with van der Waals surface area (Å²) < 4.78 is 0. The highest BCUT2D eigenvalue weighted by atomic mass is 16.6. The van der Waals surface area contributed by atoms with Crippen LogP contribution in [0.2, 0.25) is 0 Å². The highest BCUT2D eigenvalue weighted by molar-refractivity contribution is 5.80. The highest BCUT2D eigenvalue weighted by Crippen LogP contribution is 2.44. The third-order valence-electron chi connectivity index (χ3n) is 4.62. The van der Waals surface area contributed by atoms with E-state index in [1.54, 1.807) is 18.2 Å². The first-order valence-electron chi connectivity index (χ1n) is 7.15. The van der Waals surface area contributed by atoms with E-state index in [0.29, 0.717) is 11.5 Å². The van der Waals surface area contributed by atoms with Crippen molar-refractivity contribution in [3.8, 4) is 0 Å². The molecular formula is C15H18N2O3. The van der Waals surface area contributed by atoms with Gasteiger partial charge in [0.05, 0.1) is 11.3 Å². The van der Waals surface area contributed by atoms with Gasteiger partial charge in [-0.05, 0) is 31.1 Å². The summed E-state index contributed by atoms with van der Waals surface area (Å²) in [6.45, 7) is 0. The molecule has 2 aliphatic carbocycles. The minimum absolute atomic E-state index is 0.0237. The van der Waals surface area contributed by atoms with Crippen LogP contribution < -0.4 is 5.32 Å². The van der Waals surface area contributed by atoms with Gasteiger partial charge in [0.2, 0.25) is 5.91 Å². The predicted octanol–water partition coefficient (Wildman–Crippen LogP) is 2.44. The lowest BCUT2D eigenvalue weighted by Gasteiger charge is -2.22. The normalized spacial score (nSPS) is 27.5. The Morgan fingerprint density at radius 3 is 2.75 bits per heavy atom. The molecule has 0 aliphatic heterocycles. The number of nitrogens with zero attached hydrogens (tertiary/aromatic N) is 1. The van der Waals surface area contributed by atoms with Gasteiger partial charge in [-0.15, -0.1) is 0 Å². The van der Waals surface area contributed by atoms with Crippen molar-refractivity contribution in [2.24, 2.45) is 11.8 Å². The SMILES string of the molecule is O=C(Cc1ccccc1[N+](=O)[O-])N[C@@H]1C[C@H]2CC[C@H]1C2. The lowest BCUT2D eigenvalue weighted by molar-refractivity contribution is -0.385. The number of carbonyl (C=O) groups is 1. The van der Waals surface area contributed by atoms with Crippen molar-refractivity contribution in [1.29, 1.82) is 0 Å². The Bertz CT molecular complexity index is 544. The van der Waals surface area contributed by atoms with Gasteiger partial charge in [-0.2, -0.15) is 0 Å². The zero-order valence-corrected chi connectivity index (χ0v) is 11.2. The van der Waals surface area contributed by atoms with Gasteiger partial charge in [0.25, 0.3) is 5.69 Å². The molecule has 1 aromatic carbocycles. The molecule has 1 amide bonds. The number of fused-ring (bicyclic) bond motifs is 2. The fraction of sp³-hybridized carbons (Fsp3) is 0.533. The molecule has 5 nitrogen and oxygen atoms in total. The van der Waals surface area contributed by atoms with E-state index in [-0.39, 0.29) is 24.1 Å². The standard InChI is InChI=1S/C15H18N2O3/c18-15(16-13-8-10-5-6-11(13)7-10)9-12-3-1-2-4-14(12)17(19)20/h1-4,10-11,13H,5-9H2,(H,16,18)/t10-,11-,13+/m0/s1. The first-order chi connectivity index (χ1) is 9.63. The number of amides is 1. The van der Waals surface area contributed by atoms with Crippen molar-refractivity contribution in [3.05, 3.63) is 39.9 Å². The van der Waals surface area contributed by atoms with Crippen molar-refractivity contribution < 1.29 is 9.72 Å². The number of nitro groups is 1. The van der Waals surface area contributed by atoms with Gasteiger partial charge in [0.1, 0.15) is 0 Å². The van der Waals surface area contributed by atoms with E-state index in [2.05, 4.69) is 5.32 Å². The van der Waals surface area contributed by atoms with Crippen molar-refractivity contribution in [1.82, 2.24) is 5.32 Å². The molecule has 2 aliphatic rings. The lowest BCUT2D eigenvalue weighted by Crippen LogP contribution is -2.39. The van der Waals surface area contributed by atoms with Crippen LogP contribution >= 0.6 is 0 Å². The molecule has 0 radical (unpaired) electrons. The van der Waals surface area contributed by atoms with Gasteiger partial charge in [0.15, 0.2) is 0 Å². The highest BCUT2D eigenvalue weighted by Gasteiger charge is 2.40. The molecule has 0 heterocycles. The van der Waals surface area contributed by atoms with Crippen LogP contribution in [0.1, 0.15) is 31.2 Å². The van der Waals surface area contributed by atoms with Crippen molar-refractivity contribution in [2.75, 3.05) is 0 Å². The van der Waals surface area contributed by atoms with Crippen LogP contribution in [0, 0.1) is 22.0 Å². The first-order valence-corrected chi connectivity index (χ1v) is 7.15. The number of benzene rings is 1. The maximum Gasteiger partial charge on any atom is 0.273 e. The van der Waals surface area contributed by atoms with Crippen LogP contribution in [0.5, 0.6) is 0 Å². The summed E-state index contributed by atoms with van der Waals surface area (Å²) in [5.74, 6) is 1.29. The molecular weight excluding hydrogens is 256 g/mol. The first kappa shape index (κ1) is 13.1. The molecule has 0 saturated heterocycles. The molecule has 5 heteroatoms. The Balaban J connectivity index is 1.63. The largest absolute Gasteiger partial charge is 0.353 e. The molecule has 2 bridgehead atoms. The zero-order chi connectivity index (χ0) is 14.1. The van der Waals surface area contributed by atoms with Crippen LogP contribution in [0.25, 0.3) is 0 Å². The number of hydrogen-bond donors (Lipinski definition) is 1. The average molecular weight is 274 g/mol. The minimum Gasteiger partial charge on any atom is -0.353 e. The van der Waals surface area contributed by atoms with E-state index in [9.17, 15) is 14.9 Å². The molecule has 1 aromatic rings. The maximum atomic E-state index is 12.1. The van der Waals surface area contributed by atoms with Crippen molar-refractivity contribution in [3.63, 3.8) is 0 Å². The quantitative estimate of drug-likeness (QED) is 0.677. The smallest absolute Gasteiger partial charge is 0.273 e. The fourth-order valence-electron chi connectivity index (χ4n) is 3.69. The second-order valence-corrected chi connectivity index (χ2v) is 5.91. The number of nitrogens with one attached hydrogen (secondary N) is 1. The van der Waals surface area contributed by atoms with E-state index in [1.165, 1.54) is 25.3 Å². The summed E-state index contributed by atoms with van der Waals surface area (Å²) in [5, 5.41) is 14.0. The fourth-order valence-corrected chi connectivity index (χ4v) is 3.69. The third-order valence-corrected chi connectivity index (χ3v) is 4.62. The minimum atomic E-state index is -0.430. The predicted molar refractivity (Wildman–Crippen MR) is 74.2 cm³/mol. The summed E-state index contributed by atoms with van der Waals surface area (Å²) in [5.41, 5.74) is 0.508. The van der Waals surface area contributed by atoms with Gasteiger partial charge < -0.3 is 5.32 Å². The number of nitro benzene ring substituents is 1. The molecule has 0 aromatic heterocycles. The van der Waals surface area contributed by atoms with Crippen LogP contribution in [-0.2, 0) is 11.2 Å². The van der Waals surface area contributed by atoms with Gasteiger partial charge in [-0.25, -0.2) is 0 Å². The number of hydrogen-bond acceptors (Lipinski definition) is 3. The summed E-state index contributed by atoms with van der Waals surface area (Å²) in [7, 11) is 0. The van der Waals surface area contributed by atoms with Crippen LogP contribution in [-0.4, -0.2) is 16.9 Å². The molecule has 3 rings (SSSR count).